The number of anilines is 2. The fourth-order valence-electron chi connectivity index (χ4n) is 6.02. The van der Waals surface area contributed by atoms with Gasteiger partial charge in [0, 0.05) is 62.5 Å². The Balaban J connectivity index is 1.08. The zero-order chi connectivity index (χ0) is 28.7. The molecule has 7 heteroatoms. The molecule has 4 aromatic rings. The minimum Gasteiger partial charge on any atom is -0.354 e. The summed E-state index contributed by atoms with van der Waals surface area (Å²) in [5.74, 6) is 0.944. The molecule has 1 fully saturated rings. The number of piperazine rings is 1. The highest BCUT2D eigenvalue weighted by molar-refractivity contribution is 5.90. The molecule has 1 unspecified atom stereocenters. The van der Waals surface area contributed by atoms with Gasteiger partial charge in [-0.3, -0.25) is 4.79 Å². The smallest absolute Gasteiger partial charge is 0.224 e. The molecule has 2 aliphatic rings. The second-order valence-corrected chi connectivity index (χ2v) is 11.5. The van der Waals surface area contributed by atoms with Crippen molar-refractivity contribution in [3.8, 4) is 11.3 Å². The maximum absolute atomic E-state index is 12.5. The molecule has 0 spiro atoms. The summed E-state index contributed by atoms with van der Waals surface area (Å²) in [5, 5.41) is 6.52. The van der Waals surface area contributed by atoms with E-state index in [9.17, 15) is 4.79 Å². The van der Waals surface area contributed by atoms with Crippen LogP contribution in [0.25, 0.3) is 11.3 Å². The fraction of sp³-hybridized carbons (Fsp3) is 0.343. The topological polar surface area (TPSA) is 73.4 Å². The number of amides is 1. The summed E-state index contributed by atoms with van der Waals surface area (Å²) in [5.41, 5.74) is 7.87. The predicted octanol–water partition coefficient (Wildman–Crippen LogP) is 5.45. The number of nitrogens with one attached hydrogen (secondary N) is 2. The van der Waals surface area contributed by atoms with Crippen LogP contribution in [0.1, 0.15) is 41.0 Å². The third kappa shape index (κ3) is 6.86. The minimum absolute atomic E-state index is 0.0319. The Morgan fingerprint density at radius 2 is 1.69 bits per heavy atom. The largest absolute Gasteiger partial charge is 0.354 e. The summed E-state index contributed by atoms with van der Waals surface area (Å²) < 4.78 is 0. The second-order valence-electron chi connectivity index (χ2n) is 11.5. The Labute approximate surface area is 249 Å². The summed E-state index contributed by atoms with van der Waals surface area (Å²) in [6.07, 6.45) is 5.12. The van der Waals surface area contributed by atoms with Crippen LogP contribution in [0, 0.1) is 0 Å². The Morgan fingerprint density at radius 3 is 2.50 bits per heavy atom. The fourth-order valence-corrected chi connectivity index (χ4v) is 6.02. The SMILES string of the molecule is CN1CCN(CCCNc2ncc3c(n2)-c2ccccc2C(c2ccc(NC(=O)CCc4ccccc4)cc2)C3)CC1. The van der Waals surface area contributed by atoms with Gasteiger partial charge in [-0.05, 0) is 67.2 Å². The number of nitrogens with zero attached hydrogens (tertiary/aromatic N) is 4. The molecule has 0 bridgehead atoms. The van der Waals surface area contributed by atoms with Gasteiger partial charge in [-0.15, -0.1) is 0 Å². The first-order chi connectivity index (χ1) is 20.6. The van der Waals surface area contributed by atoms with Crippen molar-refractivity contribution in [2.24, 2.45) is 0 Å². The first kappa shape index (κ1) is 28.1. The quantitative estimate of drug-likeness (QED) is 0.251. The predicted molar refractivity (Wildman–Crippen MR) is 170 cm³/mol. The number of fused-ring (bicyclic) bond motifs is 3. The van der Waals surface area contributed by atoms with E-state index >= 15 is 0 Å². The van der Waals surface area contributed by atoms with Crippen LogP contribution in [-0.2, 0) is 17.6 Å². The van der Waals surface area contributed by atoms with Crippen molar-refractivity contribution in [2.75, 3.05) is 56.9 Å². The van der Waals surface area contributed by atoms with Crippen LogP contribution >= 0.6 is 0 Å². The molecule has 1 aromatic heterocycles. The molecule has 1 saturated heterocycles. The molecule has 6 rings (SSSR count). The van der Waals surface area contributed by atoms with Crippen molar-refractivity contribution in [1.29, 1.82) is 0 Å². The van der Waals surface area contributed by atoms with E-state index in [4.69, 9.17) is 4.98 Å². The van der Waals surface area contributed by atoms with Crippen LogP contribution < -0.4 is 10.6 Å². The number of carbonyl (C=O) groups excluding carboxylic acids is 1. The van der Waals surface area contributed by atoms with Gasteiger partial charge >= 0.3 is 0 Å². The monoisotopic (exact) mass is 560 g/mol. The zero-order valence-corrected chi connectivity index (χ0v) is 24.4. The number of aromatic nitrogens is 2. The third-order valence-electron chi connectivity index (χ3n) is 8.49. The first-order valence-corrected chi connectivity index (χ1v) is 15.2. The normalized spacial score (nSPS) is 16.8. The van der Waals surface area contributed by atoms with E-state index in [2.05, 4.69) is 81.0 Å². The Kier molecular flexibility index (Phi) is 8.87. The number of carbonyl (C=O) groups is 1. The number of aryl methyl sites for hydroxylation is 1. The van der Waals surface area contributed by atoms with Crippen molar-refractivity contribution >= 4 is 17.5 Å². The van der Waals surface area contributed by atoms with Gasteiger partial charge in [0.15, 0.2) is 0 Å². The molecule has 3 aromatic carbocycles. The molecule has 2 heterocycles. The molecule has 1 amide bonds. The Morgan fingerprint density at radius 1 is 0.929 bits per heavy atom. The lowest BCUT2D eigenvalue weighted by molar-refractivity contribution is -0.116. The molecule has 1 atom stereocenters. The molecule has 2 N–H and O–H groups in total. The molecule has 7 nitrogen and oxygen atoms in total. The van der Waals surface area contributed by atoms with Crippen molar-refractivity contribution in [1.82, 2.24) is 19.8 Å². The molecular weight excluding hydrogens is 520 g/mol. The highest BCUT2D eigenvalue weighted by Crippen LogP contribution is 2.42. The van der Waals surface area contributed by atoms with Gasteiger partial charge in [-0.25, -0.2) is 9.97 Å². The van der Waals surface area contributed by atoms with E-state index in [1.807, 2.05) is 36.5 Å². The summed E-state index contributed by atoms with van der Waals surface area (Å²) in [6.45, 7) is 6.57. The lowest BCUT2D eigenvalue weighted by atomic mass is 9.78. The molecule has 0 saturated carbocycles. The van der Waals surface area contributed by atoms with Crippen molar-refractivity contribution in [3.63, 3.8) is 0 Å². The maximum Gasteiger partial charge on any atom is 0.224 e. The van der Waals surface area contributed by atoms with E-state index in [0.29, 0.717) is 12.4 Å². The average Bonchev–Trinajstić information content (AvgIpc) is 3.03. The van der Waals surface area contributed by atoms with Crippen molar-refractivity contribution in [3.05, 3.63) is 107 Å². The number of benzene rings is 3. The summed E-state index contributed by atoms with van der Waals surface area (Å²) >= 11 is 0. The number of likely N-dealkylation sites (N-methyl/N-ethyl adjacent to an activating group) is 1. The van der Waals surface area contributed by atoms with E-state index < -0.39 is 0 Å². The second kappa shape index (κ2) is 13.3. The van der Waals surface area contributed by atoms with Crippen LogP contribution in [0.3, 0.4) is 0 Å². The Hall–Kier alpha value is -4.07. The lowest BCUT2D eigenvalue weighted by Gasteiger charge is -2.32. The van der Waals surface area contributed by atoms with Crippen LogP contribution in [0.4, 0.5) is 11.6 Å². The molecule has 216 valence electrons. The van der Waals surface area contributed by atoms with Gasteiger partial charge < -0.3 is 20.4 Å². The van der Waals surface area contributed by atoms with Crippen LogP contribution in [-0.4, -0.2) is 72.0 Å². The van der Waals surface area contributed by atoms with Crippen LogP contribution in [0.2, 0.25) is 0 Å². The number of hydrogen-bond donors (Lipinski definition) is 2. The van der Waals surface area contributed by atoms with Gasteiger partial charge in [0.05, 0.1) is 5.69 Å². The highest BCUT2D eigenvalue weighted by atomic mass is 16.1. The average molecular weight is 561 g/mol. The molecule has 1 aliphatic heterocycles. The van der Waals surface area contributed by atoms with Gasteiger partial charge in [-0.2, -0.15) is 0 Å². The highest BCUT2D eigenvalue weighted by Gasteiger charge is 2.27. The van der Waals surface area contributed by atoms with E-state index in [0.717, 1.165) is 69.9 Å². The molecule has 42 heavy (non-hydrogen) atoms. The van der Waals surface area contributed by atoms with Crippen LogP contribution in [0.5, 0.6) is 0 Å². The van der Waals surface area contributed by atoms with Gasteiger partial charge in [-0.1, -0.05) is 66.7 Å². The molecule has 0 radical (unpaired) electrons. The lowest BCUT2D eigenvalue weighted by Crippen LogP contribution is -2.44. The zero-order valence-electron chi connectivity index (χ0n) is 24.4. The summed E-state index contributed by atoms with van der Waals surface area (Å²) in [4.78, 5) is 27.1. The third-order valence-corrected chi connectivity index (χ3v) is 8.49. The maximum atomic E-state index is 12.5. The minimum atomic E-state index is 0.0319. The van der Waals surface area contributed by atoms with Crippen molar-refractivity contribution in [2.45, 2.75) is 31.6 Å². The van der Waals surface area contributed by atoms with E-state index in [-0.39, 0.29) is 11.8 Å². The van der Waals surface area contributed by atoms with Gasteiger partial charge in [0.2, 0.25) is 11.9 Å². The van der Waals surface area contributed by atoms with Crippen LogP contribution in [0.15, 0.2) is 85.1 Å². The summed E-state index contributed by atoms with van der Waals surface area (Å²) in [6, 6.07) is 27.0. The first-order valence-electron chi connectivity index (χ1n) is 15.2. The molecular formula is C35H40N6O. The van der Waals surface area contributed by atoms with Gasteiger partial charge in [0.1, 0.15) is 0 Å². The molecule has 1 aliphatic carbocycles. The standard InChI is InChI=1S/C35H40N6O/c1-40-20-22-41(23-21-40)19-7-18-36-35-37-25-28-24-32(30-10-5-6-11-31(30)34(28)39-35)27-13-15-29(16-14-27)38-33(42)17-12-26-8-3-2-4-9-26/h2-6,8-11,13-16,25,32H,7,12,17-24H2,1H3,(H,38,42)(H,36,37,39). The number of rotatable bonds is 10. The summed E-state index contributed by atoms with van der Waals surface area (Å²) in [7, 11) is 2.19. The number of hydrogen-bond acceptors (Lipinski definition) is 6. The Bertz CT molecular complexity index is 1480. The van der Waals surface area contributed by atoms with Crippen molar-refractivity contribution < 1.29 is 4.79 Å². The van der Waals surface area contributed by atoms with E-state index in [1.165, 1.54) is 27.8 Å². The van der Waals surface area contributed by atoms with E-state index in [1.54, 1.807) is 0 Å². The van der Waals surface area contributed by atoms with Gasteiger partial charge in [0.25, 0.3) is 0 Å².